The minimum atomic E-state index is -0.532. The van der Waals surface area contributed by atoms with Crippen molar-refractivity contribution in [2.24, 2.45) is 0 Å². The van der Waals surface area contributed by atoms with Crippen molar-refractivity contribution >= 4 is 16.8 Å². The van der Waals surface area contributed by atoms with Crippen LogP contribution in [0.25, 0.3) is 10.9 Å². The van der Waals surface area contributed by atoms with Crippen molar-refractivity contribution in [3.05, 3.63) is 46.0 Å². The van der Waals surface area contributed by atoms with Crippen molar-refractivity contribution in [3.63, 3.8) is 0 Å². The summed E-state index contributed by atoms with van der Waals surface area (Å²) in [5.74, 6) is -0.237. The Morgan fingerprint density at radius 1 is 1.10 bits per heavy atom. The average Bonchev–Trinajstić information content (AvgIpc) is 3.15. The first-order valence-corrected chi connectivity index (χ1v) is 11.5. The number of aromatic amines is 1. The molecule has 0 radical (unpaired) electrons. The van der Waals surface area contributed by atoms with Crippen LogP contribution in [0.4, 0.5) is 4.39 Å². The normalized spacial score (nSPS) is 29.9. The molecule has 2 saturated heterocycles. The highest BCUT2D eigenvalue weighted by atomic mass is 19.1. The number of carbonyl (C=O) groups excluding carboxylic acids is 1. The summed E-state index contributed by atoms with van der Waals surface area (Å²) in [6.45, 7) is 2.01. The van der Waals surface area contributed by atoms with Crippen molar-refractivity contribution in [1.29, 1.82) is 0 Å². The maximum Gasteiger partial charge on any atom is 0.243 e. The van der Waals surface area contributed by atoms with Crippen LogP contribution in [-0.2, 0) is 11.3 Å². The van der Waals surface area contributed by atoms with Gasteiger partial charge in [0.05, 0.1) is 11.6 Å². The molecule has 1 aliphatic carbocycles. The Hall–Kier alpha value is -2.25. The van der Waals surface area contributed by atoms with Crippen molar-refractivity contribution in [2.75, 3.05) is 13.1 Å². The number of pyridine rings is 1. The highest BCUT2D eigenvalue weighted by Crippen LogP contribution is 2.41. The van der Waals surface area contributed by atoms with Crippen LogP contribution >= 0.6 is 0 Å². The lowest BCUT2D eigenvalue weighted by Gasteiger charge is -2.48. The number of halogens is 1. The van der Waals surface area contributed by atoms with Gasteiger partial charge in [-0.05, 0) is 70.0 Å². The van der Waals surface area contributed by atoms with Crippen molar-refractivity contribution in [3.8, 4) is 0 Å². The van der Waals surface area contributed by atoms with Crippen LogP contribution in [0.15, 0.2) is 29.1 Å². The van der Waals surface area contributed by atoms with Gasteiger partial charge >= 0.3 is 0 Å². The molecule has 1 amide bonds. The van der Waals surface area contributed by atoms with E-state index >= 15 is 0 Å². The number of fused-ring (bicyclic) bond motifs is 1. The molecule has 3 fully saturated rings. The van der Waals surface area contributed by atoms with Gasteiger partial charge in [-0.15, -0.1) is 0 Å². The molecule has 2 aliphatic heterocycles. The lowest BCUT2D eigenvalue weighted by Crippen LogP contribution is -2.62. The molecule has 166 valence electrons. The average molecular weight is 428 g/mol. The second-order valence-corrected chi connectivity index (χ2v) is 9.44. The third-order valence-corrected chi connectivity index (χ3v) is 7.61. The number of rotatable bonds is 3. The summed E-state index contributed by atoms with van der Waals surface area (Å²) in [7, 11) is 0. The molecular weight excluding hydrogens is 397 g/mol. The number of nitrogens with one attached hydrogen (secondary N) is 1. The van der Waals surface area contributed by atoms with Gasteiger partial charge in [-0.3, -0.25) is 14.5 Å². The minimum absolute atomic E-state index is 0.200. The number of aliphatic hydroxyl groups is 1. The number of aliphatic hydroxyl groups excluding tert-OH is 1. The number of piperidine rings is 1. The number of carbonyl (C=O) groups is 1. The standard InChI is InChI=1S/C24H30FN3O3/c25-20-5-1-4-19-21(30)14-16(26-22(19)20)15-27-12-2-10-24(27)11-3-13-28(23(24)31)17-6-8-18(29)9-7-17/h1,4-5,14,17-18,29H,2-3,6-13,15H2,(H,26,30). The second kappa shape index (κ2) is 8.02. The Balaban J connectivity index is 1.41. The summed E-state index contributed by atoms with van der Waals surface area (Å²) in [5.41, 5.74) is 0.147. The number of H-pyrrole nitrogens is 1. The van der Waals surface area contributed by atoms with Gasteiger partial charge in [-0.25, -0.2) is 4.39 Å². The second-order valence-electron chi connectivity index (χ2n) is 9.44. The topological polar surface area (TPSA) is 76.6 Å². The molecule has 5 rings (SSSR count). The van der Waals surface area contributed by atoms with E-state index in [2.05, 4.69) is 14.8 Å². The monoisotopic (exact) mass is 427 g/mol. The van der Waals surface area contributed by atoms with E-state index in [-0.39, 0.29) is 29.0 Å². The zero-order valence-electron chi connectivity index (χ0n) is 17.8. The first-order valence-electron chi connectivity index (χ1n) is 11.5. The summed E-state index contributed by atoms with van der Waals surface area (Å²) in [4.78, 5) is 33.7. The SMILES string of the molecule is O=C1N(C2CCC(O)CC2)CCCC12CCCN2Cc1cc(=O)c2cccc(F)c2[nH]1. The van der Waals surface area contributed by atoms with Gasteiger partial charge in [0.2, 0.25) is 5.91 Å². The lowest BCUT2D eigenvalue weighted by atomic mass is 9.82. The number of para-hydroxylation sites is 1. The lowest BCUT2D eigenvalue weighted by molar-refractivity contribution is -0.152. The van der Waals surface area contributed by atoms with Crippen LogP contribution in [0, 0.1) is 5.82 Å². The minimum Gasteiger partial charge on any atom is -0.393 e. The Bertz CT molecular complexity index is 1050. The zero-order chi connectivity index (χ0) is 21.6. The number of amides is 1. The largest absolute Gasteiger partial charge is 0.393 e. The Kier molecular flexibility index (Phi) is 5.34. The Morgan fingerprint density at radius 2 is 1.84 bits per heavy atom. The molecule has 2 aromatic rings. The first kappa shape index (κ1) is 20.6. The third-order valence-electron chi connectivity index (χ3n) is 7.61. The summed E-state index contributed by atoms with van der Waals surface area (Å²) in [6.07, 6.45) is 6.55. The molecule has 1 saturated carbocycles. The maximum absolute atomic E-state index is 14.3. The van der Waals surface area contributed by atoms with Gasteiger partial charge in [-0.1, -0.05) is 6.07 Å². The molecule has 7 heteroatoms. The third kappa shape index (κ3) is 3.57. The molecule has 3 aliphatic rings. The number of nitrogens with zero attached hydrogens (tertiary/aromatic N) is 2. The molecule has 1 atom stereocenters. The van der Waals surface area contributed by atoms with Gasteiger partial charge in [0.15, 0.2) is 5.43 Å². The molecule has 1 spiro atoms. The highest BCUT2D eigenvalue weighted by molar-refractivity contribution is 5.88. The summed E-state index contributed by atoms with van der Waals surface area (Å²) >= 11 is 0. The van der Waals surface area contributed by atoms with E-state index in [1.165, 1.54) is 6.07 Å². The van der Waals surface area contributed by atoms with E-state index < -0.39 is 11.4 Å². The van der Waals surface area contributed by atoms with Crippen molar-refractivity contribution < 1.29 is 14.3 Å². The maximum atomic E-state index is 14.3. The number of benzene rings is 1. The van der Waals surface area contributed by atoms with Crippen LogP contribution in [0.3, 0.4) is 0 Å². The summed E-state index contributed by atoms with van der Waals surface area (Å²) < 4.78 is 14.3. The van der Waals surface area contributed by atoms with Crippen LogP contribution in [0.1, 0.15) is 57.1 Å². The van der Waals surface area contributed by atoms with E-state index in [4.69, 9.17) is 0 Å². The fourth-order valence-corrected chi connectivity index (χ4v) is 6.01. The van der Waals surface area contributed by atoms with Crippen LogP contribution < -0.4 is 5.43 Å². The number of aromatic nitrogens is 1. The van der Waals surface area contributed by atoms with Crippen LogP contribution in [-0.4, -0.2) is 56.6 Å². The molecule has 0 bridgehead atoms. The number of hydrogen-bond acceptors (Lipinski definition) is 4. The molecular formula is C24H30FN3O3. The van der Waals surface area contributed by atoms with E-state index in [1.54, 1.807) is 18.2 Å². The van der Waals surface area contributed by atoms with Crippen LogP contribution in [0.2, 0.25) is 0 Å². The highest BCUT2D eigenvalue weighted by Gasteiger charge is 2.52. The Morgan fingerprint density at radius 3 is 2.61 bits per heavy atom. The summed E-state index contributed by atoms with van der Waals surface area (Å²) in [6, 6.07) is 6.28. The number of hydrogen-bond donors (Lipinski definition) is 2. The molecule has 31 heavy (non-hydrogen) atoms. The predicted octanol–water partition coefficient (Wildman–Crippen LogP) is 2.93. The van der Waals surface area contributed by atoms with E-state index in [1.807, 2.05) is 0 Å². The molecule has 1 aromatic carbocycles. The fourth-order valence-electron chi connectivity index (χ4n) is 6.01. The van der Waals surface area contributed by atoms with Gasteiger partial charge in [0, 0.05) is 36.3 Å². The molecule has 2 N–H and O–H groups in total. The molecule has 1 unspecified atom stereocenters. The van der Waals surface area contributed by atoms with E-state index in [0.717, 1.165) is 64.5 Å². The quantitative estimate of drug-likeness (QED) is 0.790. The molecule has 6 nitrogen and oxygen atoms in total. The van der Waals surface area contributed by atoms with E-state index in [0.29, 0.717) is 17.6 Å². The van der Waals surface area contributed by atoms with E-state index in [9.17, 15) is 19.1 Å². The Labute approximate surface area is 181 Å². The fraction of sp³-hybridized carbons (Fsp3) is 0.583. The van der Waals surface area contributed by atoms with Crippen molar-refractivity contribution in [2.45, 2.75) is 75.6 Å². The smallest absolute Gasteiger partial charge is 0.243 e. The van der Waals surface area contributed by atoms with Gasteiger partial charge in [0.1, 0.15) is 11.4 Å². The van der Waals surface area contributed by atoms with Gasteiger partial charge in [0.25, 0.3) is 0 Å². The van der Waals surface area contributed by atoms with Crippen molar-refractivity contribution in [1.82, 2.24) is 14.8 Å². The predicted molar refractivity (Wildman–Crippen MR) is 116 cm³/mol. The molecule has 3 heterocycles. The first-order chi connectivity index (χ1) is 15.0. The van der Waals surface area contributed by atoms with Crippen LogP contribution in [0.5, 0.6) is 0 Å². The van der Waals surface area contributed by atoms with Gasteiger partial charge < -0.3 is 15.0 Å². The zero-order valence-corrected chi connectivity index (χ0v) is 17.8. The summed E-state index contributed by atoms with van der Waals surface area (Å²) in [5, 5.41) is 10.2. The van der Waals surface area contributed by atoms with Gasteiger partial charge in [-0.2, -0.15) is 0 Å². The molecule has 1 aromatic heterocycles. The number of likely N-dealkylation sites (tertiary alicyclic amines) is 2.